The highest BCUT2D eigenvalue weighted by molar-refractivity contribution is 8.03. The minimum absolute atomic E-state index is 0.0668. The summed E-state index contributed by atoms with van der Waals surface area (Å²) in [5.41, 5.74) is 0.455. The van der Waals surface area contributed by atoms with Crippen molar-refractivity contribution in [3.8, 4) is 0 Å². The van der Waals surface area contributed by atoms with Gasteiger partial charge in [0.2, 0.25) is 5.91 Å². The van der Waals surface area contributed by atoms with Gasteiger partial charge >= 0.3 is 5.97 Å². The van der Waals surface area contributed by atoms with Gasteiger partial charge in [-0.05, 0) is 24.3 Å². The van der Waals surface area contributed by atoms with Gasteiger partial charge in [0.25, 0.3) is 5.91 Å². The van der Waals surface area contributed by atoms with E-state index in [1.165, 1.54) is 24.9 Å². The Labute approximate surface area is 172 Å². The number of methoxy groups -OCH3 is 1. The van der Waals surface area contributed by atoms with Crippen LogP contribution in [0.3, 0.4) is 0 Å². The summed E-state index contributed by atoms with van der Waals surface area (Å²) >= 11 is 1.36. The number of β-lactam (4-membered cyclic amide) rings is 1. The van der Waals surface area contributed by atoms with Gasteiger partial charge in [0.1, 0.15) is 0 Å². The molecule has 1 aliphatic rings. The van der Waals surface area contributed by atoms with Crippen molar-refractivity contribution in [1.29, 1.82) is 0 Å². The Morgan fingerprint density at radius 3 is 2.38 bits per heavy atom. The zero-order valence-electron chi connectivity index (χ0n) is 15.7. The summed E-state index contributed by atoms with van der Waals surface area (Å²) in [7, 11) is 1.30. The van der Waals surface area contributed by atoms with Crippen LogP contribution in [-0.4, -0.2) is 43.8 Å². The number of carbonyl (C=O) groups excluding carboxylic acids is 3. The fourth-order valence-electron chi connectivity index (χ4n) is 2.55. The molecule has 2 N–H and O–H groups in total. The Morgan fingerprint density at radius 1 is 1.10 bits per heavy atom. The van der Waals surface area contributed by atoms with E-state index >= 15 is 0 Å². The number of rotatable bonds is 8. The zero-order chi connectivity index (χ0) is 20.6. The lowest BCUT2D eigenvalue weighted by atomic mass is 10.1. The molecular formula is C21H20N2O5S. The summed E-state index contributed by atoms with van der Waals surface area (Å²) in [6.45, 7) is 0.0668. The summed E-state index contributed by atoms with van der Waals surface area (Å²) < 4.78 is 10.4. The highest BCUT2D eigenvalue weighted by Crippen LogP contribution is 2.27. The van der Waals surface area contributed by atoms with E-state index in [1.54, 1.807) is 30.3 Å². The lowest BCUT2D eigenvalue weighted by molar-refractivity contribution is -0.145. The van der Waals surface area contributed by atoms with Crippen molar-refractivity contribution in [1.82, 2.24) is 10.6 Å². The van der Waals surface area contributed by atoms with Crippen LogP contribution in [0.15, 0.2) is 76.5 Å². The minimum Gasteiger partial charge on any atom is -0.466 e. The highest BCUT2D eigenvalue weighted by Gasteiger charge is 2.41. The summed E-state index contributed by atoms with van der Waals surface area (Å²) in [6.07, 6.45) is 0.656. The molecule has 29 heavy (non-hydrogen) atoms. The van der Waals surface area contributed by atoms with E-state index in [9.17, 15) is 14.4 Å². The van der Waals surface area contributed by atoms with Crippen LogP contribution >= 0.6 is 11.8 Å². The van der Waals surface area contributed by atoms with Crippen LogP contribution in [-0.2, 0) is 19.1 Å². The third kappa shape index (κ3) is 5.69. The molecule has 8 heteroatoms. The van der Waals surface area contributed by atoms with Crippen LogP contribution in [0, 0.1) is 0 Å². The molecule has 1 saturated heterocycles. The second kappa shape index (κ2) is 9.90. The molecule has 1 heterocycles. The fraction of sp³-hybridized carbons (Fsp3) is 0.190. The van der Waals surface area contributed by atoms with Gasteiger partial charge < -0.3 is 20.1 Å². The lowest BCUT2D eigenvalue weighted by Gasteiger charge is -2.36. The van der Waals surface area contributed by atoms with Crippen LogP contribution in [0.2, 0.25) is 0 Å². The largest absolute Gasteiger partial charge is 0.466 e. The first kappa shape index (κ1) is 20.6. The van der Waals surface area contributed by atoms with Crippen LogP contribution in [0.4, 0.5) is 0 Å². The van der Waals surface area contributed by atoms with Crippen LogP contribution < -0.4 is 10.6 Å². The lowest BCUT2D eigenvalue weighted by Crippen LogP contribution is -2.70. The van der Waals surface area contributed by atoms with Gasteiger partial charge in [0.05, 0.1) is 13.7 Å². The highest BCUT2D eigenvalue weighted by atomic mass is 32.2. The number of nitrogens with one attached hydrogen (secondary N) is 2. The Kier molecular flexibility index (Phi) is 7.04. The minimum atomic E-state index is -0.802. The Bertz CT molecular complexity index is 902. The normalized spacial score (nSPS) is 18.4. The van der Waals surface area contributed by atoms with E-state index in [0.29, 0.717) is 10.5 Å². The van der Waals surface area contributed by atoms with Gasteiger partial charge in [-0.15, -0.1) is 0 Å². The molecule has 7 nitrogen and oxygen atoms in total. The van der Waals surface area contributed by atoms with Crippen molar-refractivity contribution < 1.29 is 23.9 Å². The molecule has 2 aromatic carbocycles. The molecule has 2 aromatic rings. The van der Waals surface area contributed by atoms with Gasteiger partial charge in [0.15, 0.2) is 12.3 Å². The fourth-order valence-corrected chi connectivity index (χ4v) is 3.43. The monoisotopic (exact) mass is 412 g/mol. The molecule has 3 rings (SSSR count). The Hall–Kier alpha value is -3.10. The molecule has 0 spiro atoms. The average molecular weight is 412 g/mol. The maximum Gasteiger partial charge on any atom is 0.331 e. The van der Waals surface area contributed by atoms with E-state index in [4.69, 9.17) is 9.47 Å². The molecule has 0 saturated carbocycles. The number of hydrogen-bond donors (Lipinski definition) is 2. The number of benzene rings is 2. The maximum atomic E-state index is 12.3. The summed E-state index contributed by atoms with van der Waals surface area (Å²) in [4.78, 5) is 37.3. The molecule has 0 bridgehead atoms. The molecule has 2 atom stereocenters. The summed E-state index contributed by atoms with van der Waals surface area (Å²) in [5, 5.41) is 5.27. The summed E-state index contributed by atoms with van der Waals surface area (Å²) in [6, 6.07) is 17.3. The van der Waals surface area contributed by atoms with Crippen molar-refractivity contribution in [2.45, 2.75) is 17.2 Å². The number of carbonyl (C=O) groups is 3. The number of esters is 1. The van der Waals surface area contributed by atoms with Gasteiger partial charge in [0, 0.05) is 21.4 Å². The van der Waals surface area contributed by atoms with E-state index in [1.807, 2.05) is 30.3 Å². The van der Waals surface area contributed by atoms with Gasteiger partial charge in [-0.1, -0.05) is 48.2 Å². The quantitative estimate of drug-likeness (QED) is 0.299. The number of hydrogen-bond acceptors (Lipinski definition) is 6. The molecule has 0 aliphatic carbocycles. The van der Waals surface area contributed by atoms with Crippen molar-refractivity contribution in [3.05, 3.63) is 77.2 Å². The van der Waals surface area contributed by atoms with E-state index in [0.717, 1.165) is 4.90 Å². The Morgan fingerprint density at radius 2 is 1.76 bits per heavy atom. The topological polar surface area (TPSA) is 93.7 Å². The van der Waals surface area contributed by atoms with Crippen LogP contribution in [0.25, 0.3) is 0 Å². The average Bonchev–Trinajstić information content (AvgIpc) is 2.75. The van der Waals surface area contributed by atoms with Gasteiger partial charge in [-0.2, -0.15) is 0 Å². The second-order valence-corrected chi connectivity index (χ2v) is 7.31. The molecule has 150 valence electrons. The smallest absolute Gasteiger partial charge is 0.331 e. The summed E-state index contributed by atoms with van der Waals surface area (Å²) in [5.74, 6) is -1.19. The van der Waals surface area contributed by atoms with E-state index < -0.39 is 18.2 Å². The van der Waals surface area contributed by atoms with Gasteiger partial charge in [-0.25, -0.2) is 4.79 Å². The zero-order valence-corrected chi connectivity index (χ0v) is 16.5. The number of thioether (sulfide) groups is 1. The van der Waals surface area contributed by atoms with Gasteiger partial charge in [-0.3, -0.25) is 9.59 Å². The molecule has 1 aliphatic heterocycles. The van der Waals surface area contributed by atoms with Crippen LogP contribution in [0.5, 0.6) is 0 Å². The first-order valence-electron chi connectivity index (χ1n) is 8.86. The standard InChI is InChI=1S/C21H20N2O5S/c1-27-17(24)12-16(29-15-10-6-3-7-11-15)13-28-21-18(20(26)23-21)22-19(25)14-8-4-2-5-9-14/h2-12,18,21H,13H2,1H3,(H,22,25)(H,23,26)/b16-12-/t18-,21+/m0/s1. The second-order valence-electron chi connectivity index (χ2n) is 6.11. The molecular weight excluding hydrogens is 392 g/mol. The molecule has 0 radical (unpaired) electrons. The molecule has 2 amide bonds. The van der Waals surface area contributed by atoms with Crippen molar-refractivity contribution in [3.63, 3.8) is 0 Å². The van der Waals surface area contributed by atoms with Crippen molar-refractivity contribution in [2.24, 2.45) is 0 Å². The predicted molar refractivity (Wildman–Crippen MR) is 108 cm³/mol. The van der Waals surface area contributed by atoms with E-state index in [2.05, 4.69) is 10.6 Å². The third-order valence-electron chi connectivity index (χ3n) is 4.07. The predicted octanol–water partition coefficient (Wildman–Crippen LogP) is 2.11. The maximum absolute atomic E-state index is 12.3. The SMILES string of the molecule is COC(=O)/C=C(/CO[C@H]1NC(=O)[C@@H]1NC(=O)c1ccccc1)Sc1ccccc1. The van der Waals surface area contributed by atoms with Crippen LogP contribution in [0.1, 0.15) is 10.4 Å². The molecule has 0 aromatic heterocycles. The van der Waals surface area contributed by atoms with Crippen molar-refractivity contribution in [2.75, 3.05) is 13.7 Å². The van der Waals surface area contributed by atoms with Crippen molar-refractivity contribution >= 4 is 29.5 Å². The first-order valence-corrected chi connectivity index (χ1v) is 9.68. The Balaban J connectivity index is 1.61. The molecule has 1 fully saturated rings. The number of ether oxygens (including phenoxy) is 2. The number of amides is 2. The van der Waals surface area contributed by atoms with E-state index in [-0.39, 0.29) is 18.4 Å². The third-order valence-corrected chi connectivity index (χ3v) is 5.08. The first-order chi connectivity index (χ1) is 14.1. The molecule has 0 unspecified atom stereocenters.